The van der Waals surface area contributed by atoms with E-state index in [9.17, 15) is 0 Å². The van der Waals surface area contributed by atoms with Crippen molar-refractivity contribution in [2.75, 3.05) is 18.5 Å². The van der Waals surface area contributed by atoms with E-state index >= 15 is 0 Å². The van der Waals surface area contributed by atoms with E-state index in [0.717, 1.165) is 16.3 Å². The average Bonchev–Trinajstić information content (AvgIpc) is 3.38. The van der Waals surface area contributed by atoms with E-state index in [-0.39, 0.29) is 0 Å². The van der Waals surface area contributed by atoms with Gasteiger partial charge in [-0.3, -0.25) is 0 Å². The molecule has 2 rings (SSSR count). The first-order chi connectivity index (χ1) is 18.6. The Morgan fingerprint density at radius 3 is 1.47 bits per heavy atom. The van der Waals surface area contributed by atoms with Crippen LogP contribution in [0.5, 0.6) is 0 Å². The van der Waals surface area contributed by atoms with Gasteiger partial charge in [0.05, 0.1) is 0 Å². The molecule has 0 saturated heterocycles. The zero-order chi connectivity index (χ0) is 27.3. The predicted molar refractivity (Wildman–Crippen MR) is 168 cm³/mol. The topological polar surface area (TPSA) is 51.3 Å². The van der Waals surface area contributed by atoms with Crippen molar-refractivity contribution in [2.24, 2.45) is 4.74 Å². The minimum absolute atomic E-state index is 0.712. The van der Waals surface area contributed by atoms with Crippen LogP contribution in [-0.4, -0.2) is 28.8 Å². The minimum Gasteiger partial charge on any atom is -0.243 e. The molecular formula is C32H55ClN3OP. The third-order valence-electron chi connectivity index (χ3n) is 7.68. The van der Waals surface area contributed by atoms with Gasteiger partial charge < -0.3 is 0 Å². The third-order valence-corrected chi connectivity index (χ3v) is 12.0. The lowest BCUT2D eigenvalue weighted by Gasteiger charge is -2.25. The summed E-state index contributed by atoms with van der Waals surface area (Å²) in [6, 6.07) is 7.80. The lowest BCUT2D eigenvalue weighted by Crippen LogP contribution is -2.03. The molecule has 6 heteroatoms. The van der Waals surface area contributed by atoms with Gasteiger partial charge in [-0.25, -0.2) is 9.37 Å². The van der Waals surface area contributed by atoms with E-state index in [0.29, 0.717) is 5.82 Å². The summed E-state index contributed by atoms with van der Waals surface area (Å²) >= 11 is 6.15. The first kappa shape index (κ1) is 33.1. The first-order valence-corrected chi connectivity index (χ1v) is 18.5. The highest BCUT2D eigenvalue weighted by molar-refractivity contribution is 7.66. The molecule has 0 aliphatic rings. The quantitative estimate of drug-likeness (QED) is 0.0997. The molecule has 0 amide bonds. The standard InChI is InChI=1S/C32H55ClN3OP/c1-4-7-10-13-16-19-26-38(27-20-17-14-11-8-5-2,28-21-18-15-12-9-6-3)36-32-31(34-37-35-32)29-22-24-30(33)25-23-29/h22-25H,4-21,26-28H2,1-3H3. The van der Waals surface area contributed by atoms with Crippen LogP contribution in [-0.2, 0) is 0 Å². The van der Waals surface area contributed by atoms with Crippen molar-refractivity contribution in [3.8, 4) is 11.3 Å². The molecule has 0 spiro atoms. The Balaban J connectivity index is 2.25. The summed E-state index contributed by atoms with van der Waals surface area (Å²) < 4.78 is 10.8. The molecular weight excluding hydrogens is 509 g/mol. The lowest BCUT2D eigenvalue weighted by molar-refractivity contribution is 0.310. The van der Waals surface area contributed by atoms with Gasteiger partial charge in [-0.15, -0.1) is 0 Å². The van der Waals surface area contributed by atoms with Crippen molar-refractivity contribution in [3.63, 3.8) is 0 Å². The summed E-state index contributed by atoms with van der Waals surface area (Å²) in [5.74, 6) is 0.712. The average molecular weight is 564 g/mol. The van der Waals surface area contributed by atoms with E-state index < -0.39 is 7.05 Å². The van der Waals surface area contributed by atoms with Crippen molar-refractivity contribution in [1.29, 1.82) is 0 Å². The zero-order valence-electron chi connectivity index (χ0n) is 24.7. The number of rotatable bonds is 23. The molecule has 0 atom stereocenters. The molecule has 1 aromatic carbocycles. The van der Waals surface area contributed by atoms with Crippen molar-refractivity contribution in [2.45, 2.75) is 136 Å². The van der Waals surface area contributed by atoms with Crippen LogP contribution < -0.4 is 0 Å². The number of aromatic nitrogens is 2. The molecule has 2 aromatic rings. The molecule has 1 heterocycles. The molecule has 0 fully saturated rings. The Morgan fingerprint density at radius 1 is 0.605 bits per heavy atom. The van der Waals surface area contributed by atoms with E-state index in [1.54, 1.807) is 0 Å². The van der Waals surface area contributed by atoms with Crippen LogP contribution in [0.4, 0.5) is 5.82 Å². The van der Waals surface area contributed by atoms with Crippen LogP contribution in [0.3, 0.4) is 0 Å². The van der Waals surface area contributed by atoms with Crippen molar-refractivity contribution in [3.05, 3.63) is 29.3 Å². The van der Waals surface area contributed by atoms with E-state index in [1.807, 2.05) is 24.3 Å². The van der Waals surface area contributed by atoms with Crippen LogP contribution in [0.25, 0.3) is 11.3 Å². The zero-order valence-corrected chi connectivity index (χ0v) is 26.4. The van der Waals surface area contributed by atoms with Crippen LogP contribution in [0.15, 0.2) is 33.6 Å². The number of unbranched alkanes of at least 4 members (excludes halogenated alkanes) is 15. The largest absolute Gasteiger partial charge is 0.243 e. The van der Waals surface area contributed by atoms with E-state index in [1.165, 1.54) is 134 Å². The van der Waals surface area contributed by atoms with Crippen LogP contribution in [0.1, 0.15) is 136 Å². The maximum absolute atomic E-state index is 6.15. The number of nitrogens with zero attached hydrogens (tertiary/aromatic N) is 3. The monoisotopic (exact) mass is 563 g/mol. The van der Waals surface area contributed by atoms with Crippen molar-refractivity contribution >= 4 is 24.5 Å². The fourth-order valence-corrected chi connectivity index (χ4v) is 9.35. The fourth-order valence-electron chi connectivity index (χ4n) is 5.28. The fraction of sp³-hybridized carbons (Fsp3) is 0.750. The summed E-state index contributed by atoms with van der Waals surface area (Å²) in [5.41, 5.74) is 1.74. The van der Waals surface area contributed by atoms with Gasteiger partial charge in [0.25, 0.3) is 0 Å². The van der Waals surface area contributed by atoms with Gasteiger partial charge in [-0.1, -0.05) is 141 Å². The second-order valence-corrected chi connectivity index (χ2v) is 15.3. The highest BCUT2D eigenvalue weighted by Gasteiger charge is 2.22. The van der Waals surface area contributed by atoms with Gasteiger partial charge in [0.15, 0.2) is 5.69 Å². The van der Waals surface area contributed by atoms with Gasteiger partial charge in [0.1, 0.15) is 0 Å². The SMILES string of the molecule is CCCCCCCCP(CCCCCCCC)(CCCCCCCC)=Nc1nonc1-c1ccc(Cl)cc1. The molecule has 0 aliphatic carbocycles. The van der Waals surface area contributed by atoms with Crippen LogP contribution >= 0.6 is 18.7 Å². The highest BCUT2D eigenvalue weighted by Crippen LogP contribution is 2.55. The Labute approximate surface area is 239 Å². The second kappa shape index (κ2) is 20.7. The Bertz CT molecular complexity index is 849. The minimum atomic E-state index is -1.57. The predicted octanol–water partition coefficient (Wildman–Crippen LogP) is 12.3. The molecule has 1 aromatic heterocycles. The van der Waals surface area contributed by atoms with Gasteiger partial charge in [0.2, 0.25) is 5.82 Å². The number of halogens is 1. The maximum Gasteiger partial charge on any atom is 0.223 e. The number of hydrogen-bond donors (Lipinski definition) is 0. The molecule has 0 bridgehead atoms. The Hall–Kier alpha value is -1.12. The third kappa shape index (κ3) is 13.3. The summed E-state index contributed by atoms with van der Waals surface area (Å²) in [5, 5.41) is 9.36. The van der Waals surface area contributed by atoms with Gasteiger partial charge in [0, 0.05) is 10.6 Å². The summed E-state index contributed by atoms with van der Waals surface area (Å²) in [4.78, 5) is 0. The highest BCUT2D eigenvalue weighted by atomic mass is 35.5. The number of hydrogen-bond acceptors (Lipinski definition) is 4. The van der Waals surface area contributed by atoms with Crippen LogP contribution in [0.2, 0.25) is 5.02 Å². The van der Waals surface area contributed by atoms with Gasteiger partial charge in [-0.2, -0.15) is 0 Å². The number of benzene rings is 1. The van der Waals surface area contributed by atoms with Crippen molar-refractivity contribution in [1.82, 2.24) is 10.3 Å². The normalized spacial score (nSPS) is 11.8. The van der Waals surface area contributed by atoms with E-state index in [4.69, 9.17) is 21.0 Å². The Morgan fingerprint density at radius 2 is 1.03 bits per heavy atom. The summed E-state index contributed by atoms with van der Waals surface area (Å²) in [6.07, 6.45) is 27.7. The smallest absolute Gasteiger partial charge is 0.223 e. The molecule has 216 valence electrons. The molecule has 0 saturated carbocycles. The van der Waals surface area contributed by atoms with Crippen molar-refractivity contribution < 1.29 is 4.63 Å². The Kier molecular flexibility index (Phi) is 18.1. The van der Waals surface area contributed by atoms with Gasteiger partial charge >= 0.3 is 0 Å². The maximum atomic E-state index is 6.15. The lowest BCUT2D eigenvalue weighted by atomic mass is 10.1. The van der Waals surface area contributed by atoms with Crippen LogP contribution in [0, 0.1) is 0 Å². The van der Waals surface area contributed by atoms with Gasteiger partial charge in [-0.05, 0) is 67.2 Å². The second-order valence-electron chi connectivity index (χ2n) is 11.1. The molecule has 0 N–H and O–H groups in total. The molecule has 4 nitrogen and oxygen atoms in total. The molecule has 38 heavy (non-hydrogen) atoms. The molecule has 0 aliphatic heterocycles. The summed E-state index contributed by atoms with van der Waals surface area (Å²) in [6.45, 7) is 6.88. The molecule has 0 radical (unpaired) electrons. The first-order valence-electron chi connectivity index (χ1n) is 15.8. The molecule has 0 unspecified atom stereocenters. The van der Waals surface area contributed by atoms with E-state index in [2.05, 4.69) is 31.1 Å². The summed E-state index contributed by atoms with van der Waals surface area (Å²) in [7, 11) is -1.57.